The zero-order valence-corrected chi connectivity index (χ0v) is 12.7. The van der Waals surface area contributed by atoms with Crippen LogP contribution in [0.1, 0.15) is 45.0 Å². The molecule has 2 heterocycles. The van der Waals surface area contributed by atoms with Crippen molar-refractivity contribution in [2.24, 2.45) is 5.84 Å². The van der Waals surface area contributed by atoms with E-state index in [0.717, 1.165) is 37.4 Å². The van der Waals surface area contributed by atoms with Crippen LogP contribution < -0.4 is 16.0 Å². The number of ether oxygens (including phenoxy) is 2. The van der Waals surface area contributed by atoms with Crippen LogP contribution in [0.25, 0.3) is 0 Å². The smallest absolute Gasteiger partial charge is 0.222 e. The van der Waals surface area contributed by atoms with Gasteiger partial charge in [-0.3, -0.25) is 0 Å². The van der Waals surface area contributed by atoms with Gasteiger partial charge < -0.3 is 14.9 Å². The SMILES string of the molecule is Cc1c(NN)nc(C(C)(C)C)nc1OC1CCOCC1. The van der Waals surface area contributed by atoms with Gasteiger partial charge in [0, 0.05) is 18.3 Å². The summed E-state index contributed by atoms with van der Waals surface area (Å²) in [4.78, 5) is 9.04. The van der Waals surface area contributed by atoms with Crippen molar-refractivity contribution >= 4 is 5.82 Å². The number of nitrogen functional groups attached to an aromatic ring is 1. The number of hydrogen-bond acceptors (Lipinski definition) is 6. The van der Waals surface area contributed by atoms with Crippen LogP contribution in [-0.2, 0) is 10.2 Å². The Hall–Kier alpha value is -1.40. The average molecular weight is 280 g/mol. The normalized spacial score (nSPS) is 17.1. The van der Waals surface area contributed by atoms with Crippen LogP contribution in [0.2, 0.25) is 0 Å². The van der Waals surface area contributed by atoms with Gasteiger partial charge in [-0.1, -0.05) is 20.8 Å². The molecular formula is C14H24N4O2. The van der Waals surface area contributed by atoms with Crippen LogP contribution in [0.5, 0.6) is 5.88 Å². The molecule has 0 unspecified atom stereocenters. The Labute approximate surface area is 120 Å². The lowest BCUT2D eigenvalue weighted by Crippen LogP contribution is -2.28. The zero-order chi connectivity index (χ0) is 14.8. The van der Waals surface area contributed by atoms with Crippen molar-refractivity contribution in [3.8, 4) is 5.88 Å². The lowest BCUT2D eigenvalue weighted by molar-refractivity contribution is 0.0232. The summed E-state index contributed by atoms with van der Waals surface area (Å²) in [6.07, 6.45) is 1.93. The summed E-state index contributed by atoms with van der Waals surface area (Å²) in [5.41, 5.74) is 3.31. The quantitative estimate of drug-likeness (QED) is 0.650. The van der Waals surface area contributed by atoms with Gasteiger partial charge in [-0.25, -0.2) is 10.8 Å². The van der Waals surface area contributed by atoms with E-state index in [9.17, 15) is 0 Å². The molecule has 2 rings (SSSR count). The van der Waals surface area contributed by atoms with Gasteiger partial charge in [0.1, 0.15) is 11.9 Å². The molecule has 1 aromatic rings. The van der Waals surface area contributed by atoms with Crippen molar-refractivity contribution in [1.29, 1.82) is 0 Å². The first-order valence-corrected chi connectivity index (χ1v) is 7.02. The van der Waals surface area contributed by atoms with Gasteiger partial charge in [0.05, 0.1) is 18.8 Å². The monoisotopic (exact) mass is 280 g/mol. The van der Waals surface area contributed by atoms with Crippen molar-refractivity contribution < 1.29 is 9.47 Å². The molecule has 3 N–H and O–H groups in total. The van der Waals surface area contributed by atoms with E-state index in [4.69, 9.17) is 15.3 Å². The van der Waals surface area contributed by atoms with E-state index in [2.05, 4.69) is 36.2 Å². The van der Waals surface area contributed by atoms with Gasteiger partial charge in [-0.15, -0.1) is 0 Å². The van der Waals surface area contributed by atoms with Crippen molar-refractivity contribution in [3.63, 3.8) is 0 Å². The van der Waals surface area contributed by atoms with E-state index in [-0.39, 0.29) is 11.5 Å². The van der Waals surface area contributed by atoms with Gasteiger partial charge in [0.25, 0.3) is 0 Å². The zero-order valence-electron chi connectivity index (χ0n) is 12.7. The van der Waals surface area contributed by atoms with E-state index < -0.39 is 0 Å². The summed E-state index contributed by atoms with van der Waals surface area (Å²) < 4.78 is 11.4. The number of nitrogens with two attached hydrogens (primary N) is 1. The summed E-state index contributed by atoms with van der Waals surface area (Å²) in [5, 5.41) is 0. The van der Waals surface area contributed by atoms with E-state index >= 15 is 0 Å². The summed E-state index contributed by atoms with van der Waals surface area (Å²) in [6, 6.07) is 0. The standard InChI is InChI=1S/C14H24N4O2/c1-9-11(18-15)16-13(14(2,3)4)17-12(9)20-10-5-7-19-8-6-10/h10H,5-8,15H2,1-4H3,(H,16,17,18). The first-order valence-electron chi connectivity index (χ1n) is 7.02. The Bertz CT molecular complexity index is 465. The van der Waals surface area contributed by atoms with E-state index in [0.29, 0.717) is 11.7 Å². The number of nitrogens with zero attached hydrogens (tertiary/aromatic N) is 2. The number of nitrogens with one attached hydrogen (secondary N) is 1. The second-order valence-corrected chi connectivity index (χ2v) is 6.15. The third-order valence-electron chi connectivity index (χ3n) is 3.36. The second kappa shape index (κ2) is 5.93. The summed E-state index contributed by atoms with van der Waals surface area (Å²) in [6.45, 7) is 9.59. The van der Waals surface area contributed by atoms with Gasteiger partial charge in [0.2, 0.25) is 5.88 Å². The molecule has 1 saturated heterocycles. The molecule has 112 valence electrons. The van der Waals surface area contributed by atoms with E-state index in [1.54, 1.807) is 0 Å². The number of anilines is 1. The molecule has 1 aliphatic heterocycles. The Morgan fingerprint density at radius 2 is 1.90 bits per heavy atom. The maximum Gasteiger partial charge on any atom is 0.222 e. The van der Waals surface area contributed by atoms with Crippen molar-refractivity contribution in [3.05, 3.63) is 11.4 Å². The lowest BCUT2D eigenvalue weighted by atomic mass is 9.95. The third-order valence-corrected chi connectivity index (χ3v) is 3.36. The maximum absolute atomic E-state index is 6.04. The molecule has 0 aromatic carbocycles. The van der Waals surface area contributed by atoms with E-state index in [1.807, 2.05) is 6.92 Å². The molecule has 0 amide bonds. The second-order valence-electron chi connectivity index (χ2n) is 6.15. The molecule has 1 fully saturated rings. The molecule has 0 radical (unpaired) electrons. The highest BCUT2D eigenvalue weighted by Crippen LogP contribution is 2.28. The number of rotatable bonds is 3. The topological polar surface area (TPSA) is 82.3 Å². The first-order chi connectivity index (χ1) is 9.41. The fourth-order valence-corrected chi connectivity index (χ4v) is 2.04. The highest BCUT2D eigenvalue weighted by molar-refractivity contribution is 5.48. The summed E-state index contributed by atoms with van der Waals surface area (Å²) in [5.74, 6) is 7.50. The minimum atomic E-state index is -0.160. The molecular weight excluding hydrogens is 256 g/mol. The number of aromatic nitrogens is 2. The Morgan fingerprint density at radius 1 is 1.25 bits per heavy atom. The molecule has 0 bridgehead atoms. The largest absolute Gasteiger partial charge is 0.474 e. The first kappa shape index (κ1) is 15.0. The molecule has 0 saturated carbocycles. The molecule has 6 heteroatoms. The highest BCUT2D eigenvalue weighted by atomic mass is 16.5. The minimum Gasteiger partial charge on any atom is -0.474 e. The molecule has 1 aromatic heterocycles. The Kier molecular flexibility index (Phi) is 4.45. The predicted octanol–water partition coefficient (Wildman–Crippen LogP) is 1.93. The Balaban J connectivity index is 2.30. The molecule has 1 aliphatic rings. The highest BCUT2D eigenvalue weighted by Gasteiger charge is 2.24. The van der Waals surface area contributed by atoms with Gasteiger partial charge in [-0.05, 0) is 6.92 Å². The Morgan fingerprint density at radius 3 is 2.45 bits per heavy atom. The van der Waals surface area contributed by atoms with Crippen LogP contribution in [-0.4, -0.2) is 29.3 Å². The van der Waals surface area contributed by atoms with Crippen LogP contribution in [0.15, 0.2) is 0 Å². The van der Waals surface area contributed by atoms with E-state index in [1.165, 1.54) is 0 Å². The van der Waals surface area contributed by atoms with Crippen LogP contribution >= 0.6 is 0 Å². The molecule has 0 atom stereocenters. The van der Waals surface area contributed by atoms with Crippen molar-refractivity contribution in [2.45, 2.75) is 52.1 Å². The minimum absolute atomic E-state index is 0.149. The van der Waals surface area contributed by atoms with Crippen molar-refractivity contribution in [1.82, 2.24) is 9.97 Å². The molecule has 0 spiro atoms. The summed E-state index contributed by atoms with van der Waals surface area (Å²) in [7, 11) is 0. The predicted molar refractivity (Wildman–Crippen MR) is 77.7 cm³/mol. The molecule has 20 heavy (non-hydrogen) atoms. The van der Waals surface area contributed by atoms with Gasteiger partial charge in [-0.2, -0.15) is 4.98 Å². The van der Waals surface area contributed by atoms with Crippen LogP contribution in [0.3, 0.4) is 0 Å². The lowest BCUT2D eigenvalue weighted by Gasteiger charge is -2.25. The number of hydrazine groups is 1. The summed E-state index contributed by atoms with van der Waals surface area (Å²) >= 11 is 0. The third kappa shape index (κ3) is 3.37. The van der Waals surface area contributed by atoms with Crippen LogP contribution in [0.4, 0.5) is 5.82 Å². The van der Waals surface area contributed by atoms with Gasteiger partial charge in [0.15, 0.2) is 5.82 Å². The van der Waals surface area contributed by atoms with Gasteiger partial charge >= 0.3 is 0 Å². The fourth-order valence-electron chi connectivity index (χ4n) is 2.04. The van der Waals surface area contributed by atoms with Crippen LogP contribution in [0, 0.1) is 6.92 Å². The molecule has 6 nitrogen and oxygen atoms in total. The molecule has 0 aliphatic carbocycles. The maximum atomic E-state index is 6.04. The van der Waals surface area contributed by atoms with Crippen molar-refractivity contribution in [2.75, 3.05) is 18.6 Å². The average Bonchev–Trinajstić information content (AvgIpc) is 2.41. The number of hydrogen-bond donors (Lipinski definition) is 2. The fraction of sp³-hybridized carbons (Fsp3) is 0.714.